The fraction of sp³-hybridized carbons (Fsp3) is 0.417. The van der Waals surface area contributed by atoms with Gasteiger partial charge < -0.3 is 19.5 Å². The molecule has 0 aromatic heterocycles. The van der Waals surface area contributed by atoms with Crippen LogP contribution in [0.25, 0.3) is 11.1 Å². The van der Waals surface area contributed by atoms with E-state index in [1.807, 2.05) is 42.5 Å². The number of rotatable bonds is 14. The number of unbranched alkanes of at least 4 members (excludes halogenated alkanes) is 3. The van der Waals surface area contributed by atoms with Crippen LogP contribution in [0.5, 0.6) is 5.75 Å². The van der Waals surface area contributed by atoms with Crippen molar-refractivity contribution in [2.24, 2.45) is 0 Å². The van der Waals surface area contributed by atoms with E-state index in [2.05, 4.69) is 5.32 Å². The fourth-order valence-electron chi connectivity index (χ4n) is 2.97. The summed E-state index contributed by atoms with van der Waals surface area (Å²) in [5.41, 5.74) is 2.47. The van der Waals surface area contributed by atoms with E-state index in [0.717, 1.165) is 30.4 Å². The number of carbonyl (C=O) groups excluding carboxylic acids is 2. The van der Waals surface area contributed by atoms with E-state index in [1.54, 1.807) is 13.0 Å². The number of nitrogens with one attached hydrogen (secondary N) is 1. The number of hydrogen-bond acceptors (Lipinski definition) is 5. The highest BCUT2D eigenvalue weighted by molar-refractivity contribution is 7.51. The topological polar surface area (TPSA) is 102 Å². The Morgan fingerprint density at radius 1 is 1.00 bits per heavy atom. The monoisotopic (exact) mass is 461 g/mol. The van der Waals surface area contributed by atoms with E-state index >= 15 is 0 Å². The molecule has 0 fully saturated rings. The first-order valence-corrected chi connectivity index (χ1v) is 12.9. The maximum absolute atomic E-state index is 12.5. The van der Waals surface area contributed by atoms with Crippen LogP contribution in [0.1, 0.15) is 49.4 Å². The van der Waals surface area contributed by atoms with Crippen molar-refractivity contribution in [1.29, 1.82) is 0 Å². The van der Waals surface area contributed by atoms with Crippen molar-refractivity contribution in [3.8, 4) is 16.9 Å². The van der Waals surface area contributed by atoms with Crippen molar-refractivity contribution in [2.75, 3.05) is 26.4 Å². The predicted molar refractivity (Wildman–Crippen MR) is 125 cm³/mol. The summed E-state index contributed by atoms with van der Waals surface area (Å²) in [4.78, 5) is 32.9. The molecule has 0 saturated carbocycles. The second-order valence-corrected chi connectivity index (χ2v) is 9.46. The van der Waals surface area contributed by atoms with Crippen LogP contribution in [0.15, 0.2) is 48.5 Å². The van der Waals surface area contributed by atoms with Crippen LogP contribution >= 0.6 is 7.60 Å². The molecular weight excluding hydrogens is 429 g/mol. The van der Waals surface area contributed by atoms with Gasteiger partial charge in [-0.3, -0.25) is 14.2 Å². The predicted octanol–water partition coefficient (Wildman–Crippen LogP) is 4.83. The molecule has 0 radical (unpaired) electrons. The first-order valence-electron chi connectivity index (χ1n) is 10.9. The third kappa shape index (κ3) is 9.77. The number of carbonyl (C=O) groups is 2. The highest BCUT2D eigenvalue weighted by atomic mass is 31.2. The Morgan fingerprint density at radius 2 is 1.72 bits per heavy atom. The van der Waals surface area contributed by atoms with Gasteiger partial charge in [-0.1, -0.05) is 44.0 Å². The molecule has 32 heavy (non-hydrogen) atoms. The van der Waals surface area contributed by atoms with Gasteiger partial charge in [-0.25, -0.2) is 0 Å². The molecule has 0 heterocycles. The zero-order valence-corrected chi connectivity index (χ0v) is 19.6. The third-order valence-electron chi connectivity index (χ3n) is 4.79. The van der Waals surface area contributed by atoms with Gasteiger partial charge in [-0.15, -0.1) is 0 Å². The maximum atomic E-state index is 12.5. The first-order chi connectivity index (χ1) is 15.3. The van der Waals surface area contributed by atoms with E-state index in [1.165, 1.54) is 6.66 Å². The number of ketones is 1. The van der Waals surface area contributed by atoms with E-state index in [0.29, 0.717) is 30.7 Å². The van der Waals surface area contributed by atoms with E-state index in [4.69, 9.17) is 14.2 Å². The molecule has 0 saturated heterocycles. The average Bonchev–Trinajstić information content (AvgIpc) is 2.78. The van der Waals surface area contributed by atoms with Crippen LogP contribution in [0, 0.1) is 0 Å². The molecule has 1 unspecified atom stereocenters. The third-order valence-corrected chi connectivity index (χ3v) is 5.46. The summed E-state index contributed by atoms with van der Waals surface area (Å²) >= 11 is 0. The van der Waals surface area contributed by atoms with Crippen molar-refractivity contribution in [1.82, 2.24) is 5.32 Å². The largest absolute Gasteiger partial charge is 0.486 e. The second-order valence-electron chi connectivity index (χ2n) is 7.59. The van der Waals surface area contributed by atoms with Crippen LogP contribution in [0.2, 0.25) is 0 Å². The van der Waals surface area contributed by atoms with Crippen molar-refractivity contribution >= 4 is 19.3 Å². The van der Waals surface area contributed by atoms with Crippen molar-refractivity contribution in [2.45, 2.75) is 39.0 Å². The molecule has 0 aliphatic carbocycles. The molecule has 0 bridgehead atoms. The molecule has 2 aromatic carbocycles. The number of benzene rings is 2. The smallest absolute Gasteiger partial charge is 0.325 e. The van der Waals surface area contributed by atoms with Crippen LogP contribution in [0.4, 0.5) is 0 Å². The summed E-state index contributed by atoms with van der Waals surface area (Å²) in [5, 5.41) is 2.93. The van der Waals surface area contributed by atoms with Crippen molar-refractivity contribution in [3.63, 3.8) is 0 Å². The molecule has 1 amide bonds. The minimum Gasteiger partial charge on any atom is -0.486 e. The molecule has 0 aliphatic heterocycles. The molecule has 174 valence electrons. The Hall–Kier alpha value is -2.47. The van der Waals surface area contributed by atoms with Gasteiger partial charge in [0, 0.05) is 25.2 Å². The molecule has 7 nitrogen and oxygen atoms in total. The Morgan fingerprint density at radius 3 is 2.41 bits per heavy atom. The fourth-order valence-corrected chi connectivity index (χ4v) is 3.44. The van der Waals surface area contributed by atoms with Crippen molar-refractivity contribution in [3.05, 3.63) is 54.1 Å². The highest BCUT2D eigenvalue weighted by Gasteiger charge is 2.09. The molecule has 0 aliphatic rings. The lowest BCUT2D eigenvalue weighted by molar-refractivity contribution is -0.120. The number of amides is 1. The SMILES string of the molecule is CCC(=O)COc1ccc(-c2cccc(C(=O)NCCCCCCOP(C)(=O)O)c2)cc1. The average molecular weight is 461 g/mol. The summed E-state index contributed by atoms with van der Waals surface area (Å²) in [6.45, 7) is 3.90. The van der Waals surface area contributed by atoms with Gasteiger partial charge in [0.05, 0.1) is 6.61 Å². The molecule has 8 heteroatoms. The zero-order chi connectivity index (χ0) is 23.4. The van der Waals surface area contributed by atoms with E-state index in [9.17, 15) is 14.2 Å². The minimum atomic E-state index is -3.39. The van der Waals surface area contributed by atoms with Gasteiger partial charge in [0.15, 0.2) is 5.78 Å². The Balaban J connectivity index is 1.77. The highest BCUT2D eigenvalue weighted by Crippen LogP contribution is 2.36. The lowest BCUT2D eigenvalue weighted by Crippen LogP contribution is -2.24. The van der Waals surface area contributed by atoms with Gasteiger partial charge in [-0.2, -0.15) is 0 Å². The summed E-state index contributed by atoms with van der Waals surface area (Å²) < 4.78 is 21.3. The van der Waals surface area contributed by atoms with Crippen LogP contribution < -0.4 is 10.1 Å². The summed E-state index contributed by atoms with van der Waals surface area (Å²) in [7, 11) is -3.39. The van der Waals surface area contributed by atoms with Gasteiger partial charge in [0.2, 0.25) is 0 Å². The molecular formula is C24H32NO6P. The normalized spacial score (nSPS) is 12.7. The number of ether oxygens (including phenoxy) is 1. The zero-order valence-electron chi connectivity index (χ0n) is 18.7. The van der Waals surface area contributed by atoms with Gasteiger partial charge >= 0.3 is 7.60 Å². The molecule has 1 atom stereocenters. The standard InChI is InChI=1S/C24H32NO6P/c1-3-22(26)18-30-23-13-11-19(12-14-23)20-9-8-10-21(17-20)24(27)25-15-6-4-5-7-16-31-32(2,28)29/h8-14,17H,3-7,15-16,18H2,1-2H3,(H,25,27)(H,28,29). The molecule has 2 N–H and O–H groups in total. The first kappa shape index (κ1) is 25.8. The lowest BCUT2D eigenvalue weighted by atomic mass is 10.0. The van der Waals surface area contributed by atoms with E-state index < -0.39 is 7.60 Å². The second kappa shape index (κ2) is 13.2. The van der Waals surface area contributed by atoms with Gasteiger partial charge in [0.25, 0.3) is 5.91 Å². The Labute approximate surface area is 189 Å². The van der Waals surface area contributed by atoms with Crippen LogP contribution in [-0.2, 0) is 13.9 Å². The summed E-state index contributed by atoms with van der Waals surface area (Å²) in [6.07, 6.45) is 3.78. The lowest BCUT2D eigenvalue weighted by Gasteiger charge is -2.09. The molecule has 2 rings (SSSR count). The maximum Gasteiger partial charge on any atom is 0.325 e. The van der Waals surface area contributed by atoms with Gasteiger partial charge in [0.1, 0.15) is 12.4 Å². The van der Waals surface area contributed by atoms with Crippen molar-refractivity contribution < 1.29 is 28.3 Å². The molecule has 2 aromatic rings. The van der Waals surface area contributed by atoms with E-state index in [-0.39, 0.29) is 24.9 Å². The Kier molecular flexibility index (Phi) is 10.6. The number of Topliss-reactive ketones (excluding diaryl/α,β-unsaturated/α-hetero) is 1. The minimum absolute atomic E-state index is 0.0523. The quantitative estimate of drug-likeness (QED) is 0.309. The Bertz CT molecular complexity index is 922. The van der Waals surface area contributed by atoms with Crippen LogP contribution in [-0.4, -0.2) is 43.0 Å². The summed E-state index contributed by atoms with van der Waals surface area (Å²) in [6, 6.07) is 14.9. The molecule has 0 spiro atoms. The van der Waals surface area contributed by atoms with Gasteiger partial charge in [-0.05, 0) is 48.2 Å². The van der Waals surface area contributed by atoms with Crippen LogP contribution in [0.3, 0.4) is 0 Å². The summed E-state index contributed by atoms with van der Waals surface area (Å²) in [5.74, 6) is 0.563. The number of hydrogen-bond donors (Lipinski definition) is 2.